The van der Waals surface area contributed by atoms with Gasteiger partial charge in [-0.25, -0.2) is 0 Å². The van der Waals surface area contributed by atoms with E-state index in [2.05, 4.69) is 21.1 Å². The first-order valence-electron chi connectivity index (χ1n) is 5.96. The first kappa shape index (κ1) is 11.7. The molecule has 18 heavy (non-hydrogen) atoms. The number of nitrogens with zero attached hydrogens (tertiary/aromatic N) is 1. The standard InChI is InChI=1S/C14H12BrNO2/c15-11-5-1-9(2-6-11)7-13(17)12-8-14(18-16-12)10-3-4-10/h1-2,5-6,8,10H,3-4,7H2. The lowest BCUT2D eigenvalue weighted by atomic mass is 10.1. The van der Waals surface area contributed by atoms with E-state index in [1.54, 1.807) is 6.07 Å². The predicted octanol–water partition coefficient (Wildman–Crippen LogP) is 3.74. The van der Waals surface area contributed by atoms with Crippen molar-refractivity contribution < 1.29 is 9.32 Å². The molecule has 92 valence electrons. The molecule has 1 aliphatic rings. The van der Waals surface area contributed by atoms with E-state index in [9.17, 15) is 4.79 Å². The summed E-state index contributed by atoms with van der Waals surface area (Å²) in [5, 5.41) is 3.86. The van der Waals surface area contributed by atoms with Gasteiger partial charge in [-0.1, -0.05) is 33.2 Å². The van der Waals surface area contributed by atoms with Gasteiger partial charge in [0.25, 0.3) is 0 Å². The number of ketones is 1. The van der Waals surface area contributed by atoms with Gasteiger partial charge < -0.3 is 4.52 Å². The Hall–Kier alpha value is -1.42. The average molecular weight is 306 g/mol. The van der Waals surface area contributed by atoms with Gasteiger partial charge in [-0.15, -0.1) is 0 Å². The van der Waals surface area contributed by atoms with Gasteiger partial charge >= 0.3 is 0 Å². The van der Waals surface area contributed by atoms with Crippen molar-refractivity contribution in [1.29, 1.82) is 0 Å². The van der Waals surface area contributed by atoms with Gasteiger partial charge in [0.2, 0.25) is 0 Å². The van der Waals surface area contributed by atoms with Gasteiger partial charge in [-0.3, -0.25) is 4.79 Å². The quantitative estimate of drug-likeness (QED) is 0.808. The summed E-state index contributed by atoms with van der Waals surface area (Å²) in [6.45, 7) is 0. The molecule has 0 atom stereocenters. The number of hydrogen-bond acceptors (Lipinski definition) is 3. The highest BCUT2D eigenvalue weighted by Gasteiger charge is 2.28. The van der Waals surface area contributed by atoms with Crippen LogP contribution in [0, 0.1) is 0 Å². The fraction of sp³-hybridized carbons (Fsp3) is 0.286. The second-order valence-electron chi connectivity index (χ2n) is 4.62. The molecule has 3 rings (SSSR count). The highest BCUT2D eigenvalue weighted by molar-refractivity contribution is 9.10. The monoisotopic (exact) mass is 305 g/mol. The third-order valence-corrected chi connectivity index (χ3v) is 3.60. The fourth-order valence-corrected chi connectivity index (χ4v) is 2.12. The minimum atomic E-state index is 0.00738. The van der Waals surface area contributed by atoms with Gasteiger partial charge in [0.1, 0.15) is 11.5 Å². The molecular weight excluding hydrogens is 294 g/mol. The molecule has 1 aromatic heterocycles. The van der Waals surface area contributed by atoms with Crippen LogP contribution in [-0.4, -0.2) is 10.9 Å². The van der Waals surface area contributed by atoms with Crippen LogP contribution >= 0.6 is 15.9 Å². The lowest BCUT2D eigenvalue weighted by Gasteiger charge is -1.98. The van der Waals surface area contributed by atoms with E-state index in [0.29, 0.717) is 18.0 Å². The zero-order valence-corrected chi connectivity index (χ0v) is 11.3. The molecule has 1 fully saturated rings. The number of carbonyl (C=O) groups excluding carboxylic acids is 1. The number of benzene rings is 1. The van der Waals surface area contributed by atoms with Crippen LogP contribution < -0.4 is 0 Å². The van der Waals surface area contributed by atoms with Gasteiger partial charge in [-0.2, -0.15) is 0 Å². The lowest BCUT2D eigenvalue weighted by Crippen LogP contribution is -2.03. The summed E-state index contributed by atoms with van der Waals surface area (Å²) in [6.07, 6.45) is 2.66. The number of rotatable bonds is 4. The number of halogens is 1. The van der Waals surface area contributed by atoms with Gasteiger partial charge in [0.05, 0.1) is 0 Å². The summed E-state index contributed by atoms with van der Waals surface area (Å²) in [5.74, 6) is 1.36. The molecule has 0 radical (unpaired) electrons. The van der Waals surface area contributed by atoms with Crippen molar-refractivity contribution in [1.82, 2.24) is 5.16 Å². The zero-order chi connectivity index (χ0) is 12.5. The van der Waals surface area contributed by atoms with Crippen LogP contribution in [0.15, 0.2) is 39.3 Å². The van der Waals surface area contributed by atoms with E-state index in [-0.39, 0.29) is 5.78 Å². The van der Waals surface area contributed by atoms with Crippen LogP contribution in [0.2, 0.25) is 0 Å². The van der Waals surface area contributed by atoms with E-state index in [4.69, 9.17) is 4.52 Å². The van der Waals surface area contributed by atoms with Crippen molar-refractivity contribution in [3.05, 3.63) is 51.8 Å². The van der Waals surface area contributed by atoms with Crippen LogP contribution in [-0.2, 0) is 6.42 Å². The molecule has 1 aliphatic carbocycles. The maximum Gasteiger partial charge on any atom is 0.189 e. The van der Waals surface area contributed by atoms with Crippen molar-refractivity contribution in [2.45, 2.75) is 25.2 Å². The van der Waals surface area contributed by atoms with Crippen molar-refractivity contribution >= 4 is 21.7 Å². The summed E-state index contributed by atoms with van der Waals surface area (Å²) in [7, 11) is 0. The molecule has 1 saturated carbocycles. The molecule has 2 aromatic rings. The molecule has 1 aromatic carbocycles. The van der Waals surface area contributed by atoms with E-state index in [1.165, 1.54) is 0 Å². The summed E-state index contributed by atoms with van der Waals surface area (Å²) < 4.78 is 6.20. The molecule has 0 aliphatic heterocycles. The molecule has 0 bridgehead atoms. The summed E-state index contributed by atoms with van der Waals surface area (Å²) in [4.78, 5) is 12.0. The smallest absolute Gasteiger partial charge is 0.189 e. The maximum absolute atomic E-state index is 12.0. The molecule has 0 spiro atoms. The lowest BCUT2D eigenvalue weighted by molar-refractivity contribution is 0.0984. The first-order valence-corrected chi connectivity index (χ1v) is 6.76. The number of Topliss-reactive ketones (excluding diaryl/α,β-unsaturated/α-hetero) is 1. The number of hydrogen-bond donors (Lipinski definition) is 0. The molecule has 0 saturated heterocycles. The highest BCUT2D eigenvalue weighted by atomic mass is 79.9. The average Bonchev–Trinajstić information content (AvgIpc) is 3.10. The Kier molecular flexibility index (Phi) is 3.04. The van der Waals surface area contributed by atoms with Crippen molar-refractivity contribution in [3.63, 3.8) is 0 Å². The highest BCUT2D eigenvalue weighted by Crippen LogP contribution is 2.40. The summed E-state index contributed by atoms with van der Waals surface area (Å²) in [5.41, 5.74) is 1.43. The molecular formula is C14H12BrNO2. The van der Waals surface area contributed by atoms with Crippen LogP contribution in [0.4, 0.5) is 0 Å². The Bertz CT molecular complexity index is 570. The Balaban J connectivity index is 1.71. The molecule has 4 heteroatoms. The Morgan fingerprint density at radius 1 is 1.33 bits per heavy atom. The third kappa shape index (κ3) is 2.53. The van der Waals surface area contributed by atoms with Crippen LogP contribution in [0.5, 0.6) is 0 Å². The molecule has 0 amide bonds. The second-order valence-corrected chi connectivity index (χ2v) is 5.53. The van der Waals surface area contributed by atoms with Crippen molar-refractivity contribution in [2.24, 2.45) is 0 Å². The number of aromatic nitrogens is 1. The van der Waals surface area contributed by atoms with Crippen LogP contribution in [0.25, 0.3) is 0 Å². The minimum Gasteiger partial charge on any atom is -0.360 e. The molecule has 0 unspecified atom stereocenters. The maximum atomic E-state index is 12.0. The van der Waals surface area contributed by atoms with Crippen molar-refractivity contribution in [3.8, 4) is 0 Å². The number of carbonyl (C=O) groups is 1. The topological polar surface area (TPSA) is 43.1 Å². The van der Waals surface area contributed by atoms with Crippen molar-refractivity contribution in [2.75, 3.05) is 0 Å². The van der Waals surface area contributed by atoms with Crippen LogP contribution in [0.3, 0.4) is 0 Å². The Labute approximate surface area is 113 Å². The second kappa shape index (κ2) is 4.69. The third-order valence-electron chi connectivity index (χ3n) is 3.07. The summed E-state index contributed by atoms with van der Waals surface area (Å²) >= 11 is 3.37. The van der Waals surface area contributed by atoms with E-state index in [1.807, 2.05) is 24.3 Å². The molecule has 0 N–H and O–H groups in total. The van der Waals surface area contributed by atoms with Gasteiger partial charge in [0.15, 0.2) is 5.78 Å². The Morgan fingerprint density at radius 2 is 2.06 bits per heavy atom. The fourth-order valence-electron chi connectivity index (χ4n) is 1.86. The van der Waals surface area contributed by atoms with Gasteiger partial charge in [-0.05, 0) is 30.5 Å². The molecule has 3 nitrogen and oxygen atoms in total. The van der Waals surface area contributed by atoms with Gasteiger partial charge in [0, 0.05) is 22.9 Å². The Morgan fingerprint density at radius 3 is 2.72 bits per heavy atom. The normalized spacial score (nSPS) is 14.7. The largest absolute Gasteiger partial charge is 0.360 e. The zero-order valence-electron chi connectivity index (χ0n) is 9.73. The first-order chi connectivity index (χ1) is 8.72. The molecule has 1 heterocycles. The SMILES string of the molecule is O=C(Cc1ccc(Br)cc1)c1cc(C2CC2)on1. The summed E-state index contributed by atoms with van der Waals surface area (Å²) in [6, 6.07) is 9.52. The van der Waals surface area contributed by atoms with E-state index < -0.39 is 0 Å². The minimum absolute atomic E-state index is 0.00738. The van der Waals surface area contributed by atoms with E-state index >= 15 is 0 Å². The van der Waals surface area contributed by atoms with E-state index in [0.717, 1.165) is 28.6 Å². The van der Waals surface area contributed by atoms with Crippen LogP contribution in [0.1, 0.15) is 40.6 Å². The predicted molar refractivity (Wildman–Crippen MR) is 70.7 cm³/mol.